The predicted molar refractivity (Wildman–Crippen MR) is 44.9 cm³/mol. The van der Waals surface area contributed by atoms with E-state index in [-0.39, 0.29) is 0 Å². The molecule has 0 rings (SSSR count). The number of hydrogen-bond donors (Lipinski definition) is 0. The molecule has 1 atom stereocenters. The van der Waals surface area contributed by atoms with Crippen LogP contribution in [0.4, 0.5) is 0 Å². The average molecular weight is 159 g/mol. The van der Waals surface area contributed by atoms with Crippen LogP contribution in [0.1, 0.15) is 46.0 Å². The lowest BCUT2D eigenvalue weighted by atomic mass is 10.3. The summed E-state index contributed by atoms with van der Waals surface area (Å²) in [5.74, 6) is 0. The van der Waals surface area contributed by atoms with Gasteiger partial charge in [-0.1, -0.05) is 33.1 Å². The standard InChI is InChI=1S/C9H19O2/c1-3-5-6-8-11-9(10)7-4-2/h9H,3-8H2,1-2H3. The molecule has 0 bridgehead atoms. The zero-order valence-corrected chi connectivity index (χ0v) is 7.64. The Kier molecular flexibility index (Phi) is 7.96. The van der Waals surface area contributed by atoms with Crippen LogP contribution in [0.2, 0.25) is 0 Å². The van der Waals surface area contributed by atoms with Gasteiger partial charge in [0, 0.05) is 13.0 Å². The minimum absolute atomic E-state index is 0.641. The van der Waals surface area contributed by atoms with Gasteiger partial charge >= 0.3 is 0 Å². The van der Waals surface area contributed by atoms with E-state index in [1.165, 1.54) is 12.8 Å². The van der Waals surface area contributed by atoms with Crippen molar-refractivity contribution in [2.75, 3.05) is 6.61 Å². The first-order valence-corrected chi connectivity index (χ1v) is 4.58. The smallest absolute Gasteiger partial charge is 0.191 e. The monoisotopic (exact) mass is 159 g/mol. The molecule has 0 aromatic heterocycles. The summed E-state index contributed by atoms with van der Waals surface area (Å²) in [7, 11) is 0. The average Bonchev–Trinajstić information content (AvgIpc) is 1.99. The Hall–Kier alpha value is -0.0800. The fraction of sp³-hybridized carbons (Fsp3) is 1.00. The Morgan fingerprint density at radius 2 is 1.91 bits per heavy atom. The first-order valence-electron chi connectivity index (χ1n) is 4.58. The summed E-state index contributed by atoms with van der Waals surface area (Å²) >= 11 is 0. The summed E-state index contributed by atoms with van der Waals surface area (Å²) in [4.78, 5) is 0. The molecule has 1 radical (unpaired) electrons. The van der Waals surface area contributed by atoms with Crippen molar-refractivity contribution in [1.29, 1.82) is 0 Å². The molecule has 0 aliphatic rings. The highest BCUT2D eigenvalue weighted by Gasteiger charge is 2.02. The Morgan fingerprint density at radius 3 is 2.45 bits per heavy atom. The zero-order valence-electron chi connectivity index (χ0n) is 7.64. The normalized spacial score (nSPS) is 13.4. The van der Waals surface area contributed by atoms with Crippen molar-refractivity contribution < 1.29 is 9.84 Å². The quantitative estimate of drug-likeness (QED) is 0.415. The van der Waals surface area contributed by atoms with Crippen molar-refractivity contribution in [2.45, 2.75) is 52.2 Å². The maximum Gasteiger partial charge on any atom is 0.191 e. The van der Waals surface area contributed by atoms with E-state index in [1.54, 1.807) is 0 Å². The van der Waals surface area contributed by atoms with Crippen molar-refractivity contribution in [3.05, 3.63) is 0 Å². The molecule has 1 unspecified atom stereocenters. The van der Waals surface area contributed by atoms with Crippen LogP contribution in [0.15, 0.2) is 0 Å². The minimum Gasteiger partial charge on any atom is -0.350 e. The van der Waals surface area contributed by atoms with Gasteiger partial charge in [0.1, 0.15) is 0 Å². The van der Waals surface area contributed by atoms with Gasteiger partial charge < -0.3 is 4.74 Å². The van der Waals surface area contributed by atoms with E-state index >= 15 is 0 Å². The molecule has 0 fully saturated rings. The van der Waals surface area contributed by atoms with E-state index in [2.05, 4.69) is 6.92 Å². The van der Waals surface area contributed by atoms with Crippen LogP contribution in [0.5, 0.6) is 0 Å². The molecule has 0 N–H and O–H groups in total. The fourth-order valence-corrected chi connectivity index (χ4v) is 0.886. The fourth-order valence-electron chi connectivity index (χ4n) is 0.886. The second kappa shape index (κ2) is 8.02. The molecule has 2 heteroatoms. The van der Waals surface area contributed by atoms with Crippen molar-refractivity contribution in [1.82, 2.24) is 0 Å². The van der Waals surface area contributed by atoms with Crippen LogP contribution in [0.3, 0.4) is 0 Å². The first kappa shape index (κ1) is 10.9. The van der Waals surface area contributed by atoms with Crippen LogP contribution in [0, 0.1) is 0 Å². The van der Waals surface area contributed by atoms with E-state index in [1.807, 2.05) is 6.92 Å². The molecule has 0 spiro atoms. The van der Waals surface area contributed by atoms with E-state index in [9.17, 15) is 5.11 Å². The number of rotatable bonds is 7. The maximum atomic E-state index is 10.9. The highest BCUT2D eigenvalue weighted by atomic mass is 16.6. The predicted octanol–water partition coefficient (Wildman–Crippen LogP) is 2.75. The van der Waals surface area contributed by atoms with Gasteiger partial charge in [-0.2, -0.15) is 0 Å². The molecular formula is C9H19O2. The summed E-state index contributed by atoms with van der Waals surface area (Å²) in [6.45, 7) is 4.78. The molecular weight excluding hydrogens is 140 g/mol. The molecule has 0 amide bonds. The van der Waals surface area contributed by atoms with E-state index in [0.29, 0.717) is 13.0 Å². The minimum atomic E-state index is -0.781. The van der Waals surface area contributed by atoms with Crippen LogP contribution in [-0.4, -0.2) is 12.9 Å². The Bertz CT molecular complexity index is 74.0. The van der Waals surface area contributed by atoms with E-state index in [0.717, 1.165) is 12.8 Å². The SMILES string of the molecule is CCCCCOC([O])CCC. The second-order valence-electron chi connectivity index (χ2n) is 2.80. The molecule has 2 nitrogen and oxygen atoms in total. The number of ether oxygens (including phenoxy) is 1. The molecule has 11 heavy (non-hydrogen) atoms. The Labute approximate surface area is 69.6 Å². The topological polar surface area (TPSA) is 29.1 Å². The summed E-state index contributed by atoms with van der Waals surface area (Å²) < 4.78 is 5.03. The molecule has 67 valence electrons. The molecule has 0 saturated heterocycles. The summed E-state index contributed by atoms with van der Waals surface area (Å²) in [6.07, 6.45) is 4.16. The highest BCUT2D eigenvalue weighted by Crippen LogP contribution is 2.01. The van der Waals surface area contributed by atoms with Gasteiger partial charge in [0.15, 0.2) is 6.29 Å². The second-order valence-corrected chi connectivity index (χ2v) is 2.80. The van der Waals surface area contributed by atoms with Crippen LogP contribution < -0.4 is 0 Å². The molecule has 0 heterocycles. The van der Waals surface area contributed by atoms with Gasteiger partial charge in [0.05, 0.1) is 0 Å². The van der Waals surface area contributed by atoms with Crippen molar-refractivity contribution in [3.63, 3.8) is 0 Å². The van der Waals surface area contributed by atoms with Crippen LogP contribution in [-0.2, 0) is 9.84 Å². The van der Waals surface area contributed by atoms with Crippen molar-refractivity contribution in [2.24, 2.45) is 0 Å². The zero-order chi connectivity index (χ0) is 8.53. The van der Waals surface area contributed by atoms with E-state index < -0.39 is 6.29 Å². The van der Waals surface area contributed by atoms with Crippen molar-refractivity contribution in [3.8, 4) is 0 Å². The number of hydrogen-bond acceptors (Lipinski definition) is 1. The third-order valence-corrected chi connectivity index (χ3v) is 1.58. The summed E-state index contributed by atoms with van der Waals surface area (Å²) in [6, 6.07) is 0. The Balaban J connectivity index is 2.97. The van der Waals surface area contributed by atoms with Gasteiger partial charge in [-0.05, 0) is 6.42 Å². The maximum absolute atomic E-state index is 10.9. The van der Waals surface area contributed by atoms with Gasteiger partial charge in [-0.3, -0.25) is 0 Å². The molecule has 0 aromatic carbocycles. The van der Waals surface area contributed by atoms with Gasteiger partial charge in [0.2, 0.25) is 0 Å². The van der Waals surface area contributed by atoms with Gasteiger partial charge in [-0.25, -0.2) is 5.11 Å². The first-order chi connectivity index (χ1) is 5.31. The van der Waals surface area contributed by atoms with Crippen LogP contribution in [0.25, 0.3) is 0 Å². The van der Waals surface area contributed by atoms with Crippen LogP contribution >= 0.6 is 0 Å². The lowest BCUT2D eigenvalue weighted by Crippen LogP contribution is -2.10. The van der Waals surface area contributed by atoms with E-state index in [4.69, 9.17) is 4.74 Å². The van der Waals surface area contributed by atoms with Crippen molar-refractivity contribution >= 4 is 0 Å². The number of unbranched alkanes of at least 4 members (excludes halogenated alkanes) is 2. The largest absolute Gasteiger partial charge is 0.350 e. The Morgan fingerprint density at radius 1 is 1.18 bits per heavy atom. The summed E-state index contributed by atoms with van der Waals surface area (Å²) in [5, 5.41) is 10.9. The molecule has 0 aliphatic carbocycles. The lowest BCUT2D eigenvalue weighted by Gasteiger charge is -2.07. The molecule has 0 aliphatic heterocycles. The third-order valence-electron chi connectivity index (χ3n) is 1.58. The highest BCUT2D eigenvalue weighted by molar-refractivity contribution is 4.41. The third kappa shape index (κ3) is 7.82. The summed E-state index contributed by atoms with van der Waals surface area (Å²) in [5.41, 5.74) is 0. The van der Waals surface area contributed by atoms with Gasteiger partial charge in [-0.15, -0.1) is 0 Å². The van der Waals surface area contributed by atoms with Gasteiger partial charge in [0.25, 0.3) is 0 Å². The lowest BCUT2D eigenvalue weighted by molar-refractivity contribution is -0.144. The molecule has 0 saturated carbocycles. The molecule has 0 aromatic rings.